The van der Waals surface area contributed by atoms with Crippen molar-refractivity contribution in [2.75, 3.05) is 39.6 Å². The van der Waals surface area contributed by atoms with Crippen LogP contribution in [0.3, 0.4) is 0 Å². The van der Waals surface area contributed by atoms with Crippen molar-refractivity contribution in [1.29, 1.82) is 0 Å². The lowest BCUT2D eigenvalue weighted by atomic mass is 9.99. The van der Waals surface area contributed by atoms with E-state index in [-0.39, 0.29) is 25.7 Å². The summed E-state index contributed by atoms with van der Waals surface area (Å²) in [5, 5.41) is 10.7. The minimum absolute atomic E-state index is 0.102. The van der Waals surface area contributed by atoms with E-state index in [2.05, 4.69) is 58.9 Å². The molecule has 0 aromatic heterocycles. The van der Waals surface area contributed by atoms with Crippen molar-refractivity contribution in [1.82, 2.24) is 0 Å². The highest BCUT2D eigenvalue weighted by Gasteiger charge is 2.30. The fourth-order valence-electron chi connectivity index (χ4n) is 12.4. The number of allylic oxidation sites excluding steroid dienone is 4. The molecule has 0 saturated carbocycles. The molecule has 0 aromatic carbocycles. The van der Waals surface area contributed by atoms with Gasteiger partial charge in [0.25, 0.3) is 0 Å². The summed E-state index contributed by atoms with van der Waals surface area (Å²) in [4.78, 5) is 73.1. The lowest BCUT2D eigenvalue weighted by Gasteiger charge is -2.21. The van der Waals surface area contributed by atoms with E-state index in [1.807, 2.05) is 0 Å². The van der Waals surface area contributed by atoms with Crippen molar-refractivity contribution in [3.63, 3.8) is 0 Å². The normalized spacial score (nSPS) is 14.2. The number of hydrogen-bond acceptors (Lipinski definition) is 15. The first kappa shape index (κ1) is 99.5. The van der Waals surface area contributed by atoms with Gasteiger partial charge in [-0.2, -0.15) is 0 Å². The number of phosphoric ester groups is 2. The van der Waals surface area contributed by atoms with Crippen LogP contribution in [0.5, 0.6) is 0 Å². The van der Waals surface area contributed by atoms with Gasteiger partial charge in [0, 0.05) is 25.7 Å². The molecule has 0 aliphatic heterocycles. The predicted molar refractivity (Wildman–Crippen MR) is 418 cm³/mol. The molecule has 102 heavy (non-hydrogen) atoms. The van der Waals surface area contributed by atoms with E-state index >= 15 is 0 Å². The molecule has 0 amide bonds. The van der Waals surface area contributed by atoms with Gasteiger partial charge in [0.1, 0.15) is 19.3 Å². The maximum absolute atomic E-state index is 13.1. The van der Waals surface area contributed by atoms with E-state index in [0.717, 1.165) is 115 Å². The molecule has 6 atom stereocenters. The van der Waals surface area contributed by atoms with Crippen molar-refractivity contribution >= 4 is 39.5 Å². The standard InChI is InChI=1S/C83H158O17P2/c1-6-10-13-16-19-22-25-28-31-32-33-34-35-38-41-44-47-54-59-64-69-82(87)99-78(72-93-80(85)66-61-56-51-45-42-39-36-29-26-23-20-17-14-11-7-2)74-97-101(89,90)95-70-77(84)71-96-102(91,92)98-75-79(73-94-81(86)67-62-57-52-49-48-50-55-60-65-76(5)9-4)100-83(88)68-63-58-53-46-43-40-37-30-27-24-21-18-15-12-8-3/h23,26,29,36,76-79,84H,6-22,24-25,27-28,30-35,37-75H2,1-5H3,(H,89,90)(H,91,92)/b26-23-,36-29-/t76?,77-,78-,79-/m1/s1. The number of aliphatic hydroxyl groups excluding tert-OH is 1. The number of aliphatic hydroxyl groups is 1. The Bertz CT molecular complexity index is 2040. The van der Waals surface area contributed by atoms with Crippen molar-refractivity contribution in [2.45, 2.75) is 438 Å². The van der Waals surface area contributed by atoms with Crippen LogP contribution in [0.2, 0.25) is 0 Å². The van der Waals surface area contributed by atoms with Gasteiger partial charge >= 0.3 is 39.5 Å². The monoisotopic (exact) mass is 1490 g/mol. The molecule has 0 radical (unpaired) electrons. The highest BCUT2D eigenvalue weighted by Crippen LogP contribution is 2.45. The molecule has 0 heterocycles. The fourth-order valence-corrected chi connectivity index (χ4v) is 13.9. The van der Waals surface area contributed by atoms with Crippen LogP contribution in [0.15, 0.2) is 24.3 Å². The zero-order valence-corrected chi connectivity index (χ0v) is 68.0. The Morgan fingerprint density at radius 2 is 0.549 bits per heavy atom. The van der Waals surface area contributed by atoms with Crippen molar-refractivity contribution in [3.05, 3.63) is 24.3 Å². The summed E-state index contributed by atoms with van der Waals surface area (Å²) in [6, 6.07) is 0. The highest BCUT2D eigenvalue weighted by atomic mass is 31.2. The Labute approximate surface area is 624 Å². The summed E-state index contributed by atoms with van der Waals surface area (Å²) in [5.41, 5.74) is 0. The van der Waals surface area contributed by atoms with Crippen molar-refractivity contribution in [2.24, 2.45) is 5.92 Å². The van der Waals surface area contributed by atoms with Crippen LogP contribution in [-0.2, 0) is 65.4 Å². The maximum atomic E-state index is 13.1. The lowest BCUT2D eigenvalue weighted by molar-refractivity contribution is -0.161. The quantitative estimate of drug-likeness (QED) is 0.0169. The second kappa shape index (κ2) is 75.4. The third kappa shape index (κ3) is 74.4. The molecule has 0 aliphatic rings. The Morgan fingerprint density at radius 1 is 0.314 bits per heavy atom. The average molecular weight is 1490 g/mol. The molecule has 0 rings (SSSR count). The second-order valence-electron chi connectivity index (χ2n) is 29.4. The van der Waals surface area contributed by atoms with Crippen LogP contribution in [0.4, 0.5) is 0 Å². The molecule has 3 N–H and O–H groups in total. The fraction of sp³-hybridized carbons (Fsp3) is 0.904. The third-order valence-electron chi connectivity index (χ3n) is 19.3. The van der Waals surface area contributed by atoms with E-state index < -0.39 is 97.5 Å². The summed E-state index contributed by atoms with van der Waals surface area (Å²) < 4.78 is 68.8. The van der Waals surface area contributed by atoms with Crippen LogP contribution in [-0.4, -0.2) is 96.7 Å². The summed E-state index contributed by atoms with van der Waals surface area (Å²) in [6.07, 6.45) is 70.1. The molecule has 19 heteroatoms. The first-order valence-corrected chi connectivity index (χ1v) is 45.5. The minimum atomic E-state index is -4.97. The van der Waals surface area contributed by atoms with E-state index in [1.54, 1.807) is 0 Å². The van der Waals surface area contributed by atoms with Gasteiger partial charge in [-0.15, -0.1) is 0 Å². The number of ether oxygens (including phenoxy) is 4. The number of unbranched alkanes of at least 4 members (excludes halogenated alkanes) is 49. The van der Waals surface area contributed by atoms with Gasteiger partial charge in [0.15, 0.2) is 12.2 Å². The Balaban J connectivity index is 5.28. The lowest BCUT2D eigenvalue weighted by Crippen LogP contribution is -2.30. The summed E-state index contributed by atoms with van der Waals surface area (Å²) >= 11 is 0. The van der Waals surface area contributed by atoms with Gasteiger partial charge in [0.05, 0.1) is 26.4 Å². The molecule has 0 bridgehead atoms. The first-order valence-electron chi connectivity index (χ1n) is 42.5. The molecule has 0 aromatic rings. The maximum Gasteiger partial charge on any atom is 0.472 e. The number of carbonyl (C=O) groups is 4. The van der Waals surface area contributed by atoms with Crippen LogP contribution < -0.4 is 0 Å². The number of carbonyl (C=O) groups excluding carboxylic acids is 4. The molecule has 3 unspecified atom stereocenters. The Morgan fingerprint density at radius 3 is 0.833 bits per heavy atom. The van der Waals surface area contributed by atoms with Gasteiger partial charge in [-0.05, 0) is 57.3 Å². The molecule has 17 nitrogen and oxygen atoms in total. The smallest absolute Gasteiger partial charge is 0.462 e. The summed E-state index contributed by atoms with van der Waals surface area (Å²) in [5.74, 6) is -1.36. The number of phosphoric acid groups is 2. The molecule has 602 valence electrons. The van der Waals surface area contributed by atoms with E-state index in [9.17, 15) is 43.2 Å². The number of rotatable bonds is 81. The summed E-state index contributed by atoms with van der Waals surface area (Å²) in [6.45, 7) is 7.28. The molecule has 0 aliphatic carbocycles. The zero-order valence-electron chi connectivity index (χ0n) is 66.2. The number of hydrogen-bond donors (Lipinski definition) is 3. The van der Waals surface area contributed by atoms with E-state index in [4.69, 9.17) is 37.0 Å². The average Bonchev–Trinajstić information content (AvgIpc) is 0.918. The van der Waals surface area contributed by atoms with Crippen LogP contribution >= 0.6 is 15.6 Å². The topological polar surface area (TPSA) is 237 Å². The Hall–Kier alpha value is -2.46. The molecule has 0 spiro atoms. The third-order valence-corrected chi connectivity index (χ3v) is 21.2. The predicted octanol–water partition coefficient (Wildman–Crippen LogP) is 24.8. The van der Waals surface area contributed by atoms with Gasteiger partial charge in [-0.25, -0.2) is 9.13 Å². The van der Waals surface area contributed by atoms with Crippen LogP contribution in [0, 0.1) is 5.92 Å². The van der Waals surface area contributed by atoms with Crippen LogP contribution in [0.25, 0.3) is 0 Å². The molecule has 0 saturated heterocycles. The Kier molecular flexibility index (Phi) is 73.5. The highest BCUT2D eigenvalue weighted by molar-refractivity contribution is 7.47. The van der Waals surface area contributed by atoms with Crippen LogP contribution in [0.1, 0.15) is 420 Å². The molecular formula is C83H158O17P2. The van der Waals surface area contributed by atoms with Crippen molar-refractivity contribution < 1.29 is 80.2 Å². The zero-order chi connectivity index (χ0) is 74.8. The largest absolute Gasteiger partial charge is 0.472 e. The SMILES string of the molecule is CCCCCC/C=C\C=C/CCCCCCCC(=O)OC[C@H](COP(=O)(O)OC[C@@H](O)COP(=O)(O)OC[C@@H](COC(=O)CCCCCCCCCCC(C)CC)OC(=O)CCCCCCCCCCCCCCCCC)OC(=O)CCCCCCCCCCCCCCCCCCCCCC. The van der Waals surface area contributed by atoms with Gasteiger partial charge in [-0.1, -0.05) is 367 Å². The minimum Gasteiger partial charge on any atom is -0.462 e. The molecular weight excluding hydrogens is 1330 g/mol. The van der Waals surface area contributed by atoms with E-state index in [0.29, 0.717) is 25.7 Å². The number of esters is 4. The first-order chi connectivity index (χ1) is 49.6. The summed E-state index contributed by atoms with van der Waals surface area (Å²) in [7, 11) is -9.93. The van der Waals surface area contributed by atoms with Gasteiger partial charge in [-0.3, -0.25) is 37.3 Å². The van der Waals surface area contributed by atoms with Crippen molar-refractivity contribution in [3.8, 4) is 0 Å². The second-order valence-corrected chi connectivity index (χ2v) is 32.3. The molecule has 0 fully saturated rings. The van der Waals surface area contributed by atoms with Gasteiger partial charge in [0.2, 0.25) is 0 Å². The van der Waals surface area contributed by atoms with E-state index in [1.165, 1.54) is 225 Å². The van der Waals surface area contributed by atoms with Gasteiger partial charge < -0.3 is 33.8 Å².